The summed E-state index contributed by atoms with van der Waals surface area (Å²) in [5.74, 6) is -0.305. The molecule has 1 atom stereocenters. The minimum absolute atomic E-state index is 0.0668. The molecule has 4 nitrogen and oxygen atoms in total. The van der Waals surface area contributed by atoms with Gasteiger partial charge in [0.2, 0.25) is 0 Å². The Bertz CT molecular complexity index is 381. The molecule has 1 rings (SSSR count). The number of phenolic OH excluding ortho intramolecular Hbond substituents is 2. The fourth-order valence-corrected chi connectivity index (χ4v) is 1.36. The monoisotopic (exact) mass is 287 g/mol. The Balaban J connectivity index is 2.66. The molecular weight excluding hydrogens is 274 g/mol. The molecule has 0 fully saturated rings. The van der Waals surface area contributed by atoms with E-state index >= 15 is 0 Å². The van der Waals surface area contributed by atoms with Gasteiger partial charge in [-0.2, -0.15) is 0 Å². The summed E-state index contributed by atoms with van der Waals surface area (Å²) in [6, 6.07) is 3.89. The number of benzene rings is 1. The lowest BCUT2D eigenvalue weighted by Gasteiger charge is -2.10. The lowest BCUT2D eigenvalue weighted by atomic mass is 10.1. The maximum absolute atomic E-state index is 11.6. The molecule has 0 bridgehead atoms. The fourth-order valence-electron chi connectivity index (χ4n) is 1.13. The van der Waals surface area contributed by atoms with Crippen LogP contribution in [0, 0.1) is 5.92 Å². The highest BCUT2D eigenvalue weighted by atomic mass is 79.9. The zero-order valence-corrected chi connectivity index (χ0v) is 10.5. The molecule has 0 spiro atoms. The number of phenols is 2. The Labute approximate surface area is 102 Å². The zero-order valence-electron chi connectivity index (χ0n) is 8.90. The Hall–Kier alpha value is -1.23. The minimum atomic E-state index is -0.342. The van der Waals surface area contributed by atoms with Crippen LogP contribution in [-0.4, -0.2) is 28.0 Å². The summed E-state index contributed by atoms with van der Waals surface area (Å²) in [6.45, 7) is 2.52. The van der Waals surface area contributed by atoms with Gasteiger partial charge >= 0.3 is 0 Å². The van der Waals surface area contributed by atoms with Gasteiger partial charge in [0, 0.05) is 17.9 Å². The maximum Gasteiger partial charge on any atom is 0.255 e. The van der Waals surface area contributed by atoms with Crippen LogP contribution in [-0.2, 0) is 0 Å². The van der Waals surface area contributed by atoms with Gasteiger partial charge < -0.3 is 15.5 Å². The number of nitrogens with one attached hydrogen (secondary N) is 1. The van der Waals surface area contributed by atoms with Crippen LogP contribution in [0.4, 0.5) is 0 Å². The van der Waals surface area contributed by atoms with Gasteiger partial charge in [-0.25, -0.2) is 0 Å². The number of aromatic hydroxyl groups is 2. The van der Waals surface area contributed by atoms with Crippen molar-refractivity contribution in [3.63, 3.8) is 0 Å². The summed E-state index contributed by atoms with van der Waals surface area (Å²) in [6.07, 6.45) is 0. The highest BCUT2D eigenvalue weighted by molar-refractivity contribution is 9.09. The summed E-state index contributed by atoms with van der Waals surface area (Å²) in [5.41, 5.74) is 0.166. The van der Waals surface area contributed by atoms with E-state index in [9.17, 15) is 9.90 Å². The molecular formula is C11H14BrNO3. The third-order valence-electron chi connectivity index (χ3n) is 2.10. The van der Waals surface area contributed by atoms with Crippen LogP contribution < -0.4 is 5.32 Å². The van der Waals surface area contributed by atoms with Crippen molar-refractivity contribution in [3.05, 3.63) is 23.8 Å². The van der Waals surface area contributed by atoms with Gasteiger partial charge in [-0.15, -0.1) is 0 Å². The first-order valence-electron chi connectivity index (χ1n) is 4.90. The van der Waals surface area contributed by atoms with Crippen LogP contribution in [0.15, 0.2) is 18.2 Å². The normalized spacial score (nSPS) is 12.1. The van der Waals surface area contributed by atoms with Crippen molar-refractivity contribution in [2.75, 3.05) is 11.9 Å². The van der Waals surface area contributed by atoms with Gasteiger partial charge in [0.05, 0.1) is 5.56 Å². The lowest BCUT2D eigenvalue weighted by molar-refractivity contribution is 0.0946. The molecule has 1 unspecified atom stereocenters. The van der Waals surface area contributed by atoms with E-state index in [-0.39, 0.29) is 23.0 Å². The van der Waals surface area contributed by atoms with Crippen LogP contribution in [0.3, 0.4) is 0 Å². The average molecular weight is 288 g/mol. The van der Waals surface area contributed by atoms with Gasteiger partial charge in [0.15, 0.2) is 0 Å². The van der Waals surface area contributed by atoms with Crippen molar-refractivity contribution >= 4 is 21.8 Å². The van der Waals surface area contributed by atoms with Gasteiger partial charge in [0.25, 0.3) is 5.91 Å². The largest absolute Gasteiger partial charge is 0.508 e. The molecule has 0 aromatic heterocycles. The first-order valence-corrected chi connectivity index (χ1v) is 6.03. The molecule has 0 heterocycles. The van der Waals surface area contributed by atoms with Crippen molar-refractivity contribution in [2.24, 2.45) is 5.92 Å². The number of alkyl halides is 1. The van der Waals surface area contributed by atoms with Crippen LogP contribution in [0.25, 0.3) is 0 Å². The Kier molecular flexibility index (Phi) is 4.61. The summed E-state index contributed by atoms with van der Waals surface area (Å²) < 4.78 is 0. The molecule has 0 aliphatic carbocycles. The summed E-state index contributed by atoms with van der Waals surface area (Å²) in [4.78, 5) is 11.6. The van der Waals surface area contributed by atoms with Crippen molar-refractivity contribution < 1.29 is 15.0 Å². The van der Waals surface area contributed by atoms with Crippen molar-refractivity contribution in [1.29, 1.82) is 0 Å². The standard InChI is InChI=1S/C11H14BrNO3/c1-7(5-12)6-13-11(16)9-3-2-8(14)4-10(9)15/h2-4,7,14-15H,5-6H2,1H3,(H,13,16). The Morgan fingerprint density at radius 2 is 2.19 bits per heavy atom. The van der Waals surface area contributed by atoms with Gasteiger partial charge in [-0.1, -0.05) is 22.9 Å². The van der Waals surface area contributed by atoms with E-state index in [4.69, 9.17) is 5.11 Å². The second-order valence-corrected chi connectivity index (χ2v) is 4.32. The second kappa shape index (κ2) is 5.75. The lowest BCUT2D eigenvalue weighted by Crippen LogP contribution is -2.28. The van der Waals surface area contributed by atoms with E-state index in [2.05, 4.69) is 21.2 Å². The summed E-state index contributed by atoms with van der Waals surface area (Å²) in [5, 5.41) is 22.0. The molecule has 16 heavy (non-hydrogen) atoms. The van der Waals surface area contributed by atoms with E-state index in [1.807, 2.05) is 6.92 Å². The van der Waals surface area contributed by atoms with Gasteiger partial charge in [0.1, 0.15) is 11.5 Å². The third-order valence-corrected chi connectivity index (χ3v) is 3.21. The second-order valence-electron chi connectivity index (χ2n) is 3.67. The smallest absolute Gasteiger partial charge is 0.255 e. The highest BCUT2D eigenvalue weighted by Crippen LogP contribution is 2.22. The number of hydrogen-bond acceptors (Lipinski definition) is 3. The molecule has 1 aromatic rings. The van der Waals surface area contributed by atoms with E-state index in [1.54, 1.807) is 0 Å². The van der Waals surface area contributed by atoms with Crippen molar-refractivity contribution in [1.82, 2.24) is 5.32 Å². The first-order chi connectivity index (χ1) is 7.54. The van der Waals surface area contributed by atoms with Gasteiger partial charge in [-0.05, 0) is 18.1 Å². The number of carbonyl (C=O) groups excluding carboxylic acids is 1. The van der Waals surface area contributed by atoms with E-state index in [0.717, 1.165) is 11.4 Å². The minimum Gasteiger partial charge on any atom is -0.508 e. The average Bonchev–Trinajstić information content (AvgIpc) is 2.25. The predicted octanol–water partition coefficient (Wildman–Crippen LogP) is 1.86. The fraction of sp³-hybridized carbons (Fsp3) is 0.364. The number of halogens is 1. The number of hydrogen-bond donors (Lipinski definition) is 3. The molecule has 0 saturated carbocycles. The molecule has 88 valence electrons. The summed E-state index contributed by atoms with van der Waals surface area (Å²) >= 11 is 3.31. The van der Waals surface area contributed by atoms with Crippen LogP contribution in [0.2, 0.25) is 0 Å². The third kappa shape index (κ3) is 3.41. The SMILES string of the molecule is CC(CBr)CNC(=O)c1ccc(O)cc1O. The Morgan fingerprint density at radius 1 is 1.50 bits per heavy atom. The van der Waals surface area contributed by atoms with Crippen molar-refractivity contribution in [3.8, 4) is 11.5 Å². The number of amides is 1. The van der Waals surface area contributed by atoms with E-state index in [1.165, 1.54) is 12.1 Å². The Morgan fingerprint density at radius 3 is 2.75 bits per heavy atom. The molecule has 0 saturated heterocycles. The van der Waals surface area contributed by atoms with E-state index in [0.29, 0.717) is 12.5 Å². The van der Waals surface area contributed by atoms with Crippen molar-refractivity contribution in [2.45, 2.75) is 6.92 Å². The molecule has 1 aromatic carbocycles. The summed E-state index contributed by atoms with van der Waals surface area (Å²) in [7, 11) is 0. The van der Waals surface area contributed by atoms with Crippen LogP contribution in [0.1, 0.15) is 17.3 Å². The number of rotatable bonds is 4. The maximum atomic E-state index is 11.6. The predicted molar refractivity (Wildman–Crippen MR) is 65.1 cm³/mol. The molecule has 3 N–H and O–H groups in total. The topological polar surface area (TPSA) is 69.6 Å². The van der Waals surface area contributed by atoms with Crippen LogP contribution in [0.5, 0.6) is 11.5 Å². The molecule has 0 aliphatic heterocycles. The molecule has 0 aliphatic rings. The van der Waals surface area contributed by atoms with E-state index < -0.39 is 0 Å². The quantitative estimate of drug-likeness (QED) is 0.741. The molecule has 1 amide bonds. The number of carbonyl (C=O) groups is 1. The van der Waals surface area contributed by atoms with Gasteiger partial charge in [-0.3, -0.25) is 4.79 Å². The molecule has 5 heteroatoms. The van der Waals surface area contributed by atoms with Crippen LogP contribution >= 0.6 is 15.9 Å². The first kappa shape index (κ1) is 12.8. The molecule has 0 radical (unpaired) electrons. The highest BCUT2D eigenvalue weighted by Gasteiger charge is 2.11. The zero-order chi connectivity index (χ0) is 12.1.